The molecule has 0 aliphatic heterocycles. The van der Waals surface area contributed by atoms with E-state index in [-0.39, 0.29) is 6.04 Å². The Hall–Kier alpha value is -0.860. The summed E-state index contributed by atoms with van der Waals surface area (Å²) in [5.41, 5.74) is 7.04. The Labute approximate surface area is 80.4 Å². The van der Waals surface area contributed by atoms with E-state index in [1.165, 1.54) is 5.56 Å². The van der Waals surface area contributed by atoms with E-state index in [2.05, 4.69) is 36.2 Å². The normalized spacial score (nSPS) is 13.2. The molecule has 0 heterocycles. The second-order valence-corrected chi connectivity index (χ2v) is 3.66. The standard InChI is InChI=1S/C11H18N2/c1-10(12)8-13(2)9-11-6-4-3-5-7-11/h3-7,10H,8-9,12H2,1-2H3/t10-/m0/s1. The van der Waals surface area contributed by atoms with Crippen molar-refractivity contribution in [2.75, 3.05) is 13.6 Å². The van der Waals surface area contributed by atoms with Gasteiger partial charge in [-0.15, -0.1) is 0 Å². The minimum atomic E-state index is 0.244. The molecule has 0 saturated carbocycles. The Morgan fingerprint density at radius 3 is 2.46 bits per heavy atom. The highest BCUT2D eigenvalue weighted by Crippen LogP contribution is 2.02. The largest absolute Gasteiger partial charge is 0.327 e. The summed E-state index contributed by atoms with van der Waals surface area (Å²) in [6.07, 6.45) is 0. The fourth-order valence-electron chi connectivity index (χ4n) is 1.45. The molecule has 0 spiro atoms. The molecule has 1 atom stereocenters. The molecule has 0 radical (unpaired) electrons. The zero-order chi connectivity index (χ0) is 9.68. The minimum Gasteiger partial charge on any atom is -0.327 e. The molecule has 1 aromatic rings. The molecular weight excluding hydrogens is 160 g/mol. The molecule has 2 nitrogen and oxygen atoms in total. The Morgan fingerprint density at radius 2 is 1.92 bits per heavy atom. The summed E-state index contributed by atoms with van der Waals surface area (Å²) < 4.78 is 0. The van der Waals surface area contributed by atoms with Crippen LogP contribution in [0.15, 0.2) is 30.3 Å². The summed E-state index contributed by atoms with van der Waals surface area (Å²) in [6.45, 7) is 3.94. The van der Waals surface area contributed by atoms with Crippen LogP contribution in [0.3, 0.4) is 0 Å². The van der Waals surface area contributed by atoms with Crippen LogP contribution in [-0.4, -0.2) is 24.5 Å². The zero-order valence-electron chi connectivity index (χ0n) is 8.40. The van der Waals surface area contributed by atoms with Gasteiger partial charge in [0.25, 0.3) is 0 Å². The molecule has 0 amide bonds. The van der Waals surface area contributed by atoms with E-state index < -0.39 is 0 Å². The van der Waals surface area contributed by atoms with Crippen LogP contribution in [0.2, 0.25) is 0 Å². The maximum absolute atomic E-state index is 5.71. The van der Waals surface area contributed by atoms with Crippen molar-refractivity contribution in [1.82, 2.24) is 4.90 Å². The topological polar surface area (TPSA) is 29.3 Å². The Kier molecular flexibility index (Phi) is 3.93. The predicted octanol–water partition coefficient (Wildman–Crippen LogP) is 1.47. The zero-order valence-corrected chi connectivity index (χ0v) is 8.40. The van der Waals surface area contributed by atoms with Crippen LogP contribution in [-0.2, 0) is 6.54 Å². The number of benzene rings is 1. The van der Waals surface area contributed by atoms with Gasteiger partial charge < -0.3 is 10.6 Å². The quantitative estimate of drug-likeness (QED) is 0.756. The lowest BCUT2D eigenvalue weighted by Gasteiger charge is -2.18. The Bertz CT molecular complexity index is 231. The smallest absolute Gasteiger partial charge is 0.0231 e. The number of nitrogens with two attached hydrogens (primary N) is 1. The molecule has 0 aromatic heterocycles. The van der Waals surface area contributed by atoms with Crippen LogP contribution in [0.25, 0.3) is 0 Å². The summed E-state index contributed by atoms with van der Waals surface area (Å²) >= 11 is 0. The molecule has 0 aliphatic carbocycles. The van der Waals surface area contributed by atoms with Crippen molar-refractivity contribution < 1.29 is 0 Å². The third kappa shape index (κ3) is 4.06. The van der Waals surface area contributed by atoms with Crippen LogP contribution >= 0.6 is 0 Å². The fraction of sp³-hybridized carbons (Fsp3) is 0.455. The first-order valence-electron chi connectivity index (χ1n) is 4.66. The maximum atomic E-state index is 5.71. The second-order valence-electron chi connectivity index (χ2n) is 3.66. The summed E-state index contributed by atoms with van der Waals surface area (Å²) in [5, 5.41) is 0. The molecule has 0 aliphatic rings. The van der Waals surface area contributed by atoms with Crippen LogP contribution in [0.1, 0.15) is 12.5 Å². The molecule has 72 valence electrons. The molecule has 0 unspecified atom stereocenters. The molecule has 1 aromatic carbocycles. The summed E-state index contributed by atoms with van der Waals surface area (Å²) in [7, 11) is 2.09. The number of hydrogen-bond acceptors (Lipinski definition) is 2. The third-order valence-electron chi connectivity index (χ3n) is 1.89. The fourth-order valence-corrected chi connectivity index (χ4v) is 1.45. The number of nitrogens with zero attached hydrogens (tertiary/aromatic N) is 1. The molecule has 0 fully saturated rings. The van der Waals surface area contributed by atoms with Gasteiger partial charge in [-0.3, -0.25) is 0 Å². The molecule has 0 bridgehead atoms. The first-order valence-corrected chi connectivity index (χ1v) is 4.66. The Balaban J connectivity index is 2.41. The minimum absolute atomic E-state index is 0.244. The average molecular weight is 178 g/mol. The van der Waals surface area contributed by atoms with Gasteiger partial charge in [-0.2, -0.15) is 0 Å². The van der Waals surface area contributed by atoms with Gasteiger partial charge >= 0.3 is 0 Å². The van der Waals surface area contributed by atoms with Crippen molar-refractivity contribution in [2.45, 2.75) is 19.5 Å². The van der Waals surface area contributed by atoms with Crippen LogP contribution in [0.4, 0.5) is 0 Å². The number of hydrogen-bond donors (Lipinski definition) is 1. The van der Waals surface area contributed by atoms with E-state index in [4.69, 9.17) is 5.73 Å². The van der Waals surface area contributed by atoms with Crippen molar-refractivity contribution >= 4 is 0 Å². The van der Waals surface area contributed by atoms with Gasteiger partial charge in [0.2, 0.25) is 0 Å². The second kappa shape index (κ2) is 5.00. The van der Waals surface area contributed by atoms with Crippen molar-refractivity contribution in [2.24, 2.45) is 5.73 Å². The van der Waals surface area contributed by atoms with Gasteiger partial charge in [0, 0.05) is 19.1 Å². The van der Waals surface area contributed by atoms with Gasteiger partial charge in [-0.1, -0.05) is 30.3 Å². The summed E-state index contributed by atoms with van der Waals surface area (Å²) in [6, 6.07) is 10.7. The lowest BCUT2D eigenvalue weighted by Crippen LogP contribution is -2.32. The van der Waals surface area contributed by atoms with E-state index in [9.17, 15) is 0 Å². The van der Waals surface area contributed by atoms with Crippen LogP contribution in [0.5, 0.6) is 0 Å². The molecule has 1 rings (SSSR count). The lowest BCUT2D eigenvalue weighted by atomic mass is 10.2. The highest BCUT2D eigenvalue weighted by atomic mass is 15.1. The van der Waals surface area contributed by atoms with E-state index in [0.29, 0.717) is 0 Å². The van der Waals surface area contributed by atoms with E-state index in [0.717, 1.165) is 13.1 Å². The van der Waals surface area contributed by atoms with Gasteiger partial charge in [0.15, 0.2) is 0 Å². The number of likely N-dealkylation sites (N-methyl/N-ethyl adjacent to an activating group) is 1. The number of rotatable bonds is 4. The van der Waals surface area contributed by atoms with Gasteiger partial charge in [0.05, 0.1) is 0 Å². The lowest BCUT2D eigenvalue weighted by molar-refractivity contribution is 0.310. The van der Waals surface area contributed by atoms with Crippen molar-refractivity contribution in [3.05, 3.63) is 35.9 Å². The van der Waals surface area contributed by atoms with Crippen molar-refractivity contribution in [3.8, 4) is 0 Å². The van der Waals surface area contributed by atoms with Gasteiger partial charge in [-0.05, 0) is 19.5 Å². The molecule has 2 N–H and O–H groups in total. The monoisotopic (exact) mass is 178 g/mol. The SMILES string of the molecule is C[C@H](N)CN(C)Cc1ccccc1. The summed E-state index contributed by atoms with van der Waals surface area (Å²) in [5.74, 6) is 0. The first kappa shape index (κ1) is 10.2. The molecule has 13 heavy (non-hydrogen) atoms. The third-order valence-corrected chi connectivity index (χ3v) is 1.89. The maximum Gasteiger partial charge on any atom is 0.0231 e. The van der Waals surface area contributed by atoms with Crippen LogP contribution in [0, 0.1) is 0 Å². The van der Waals surface area contributed by atoms with Gasteiger partial charge in [-0.25, -0.2) is 0 Å². The first-order chi connectivity index (χ1) is 6.18. The van der Waals surface area contributed by atoms with E-state index >= 15 is 0 Å². The molecular formula is C11H18N2. The highest BCUT2D eigenvalue weighted by molar-refractivity contribution is 5.14. The molecule has 2 heteroatoms. The Morgan fingerprint density at radius 1 is 1.31 bits per heavy atom. The van der Waals surface area contributed by atoms with E-state index in [1.54, 1.807) is 0 Å². The highest BCUT2D eigenvalue weighted by Gasteiger charge is 2.01. The van der Waals surface area contributed by atoms with Crippen LogP contribution < -0.4 is 5.73 Å². The van der Waals surface area contributed by atoms with Crippen molar-refractivity contribution in [1.29, 1.82) is 0 Å². The van der Waals surface area contributed by atoms with Gasteiger partial charge in [0.1, 0.15) is 0 Å². The summed E-state index contributed by atoms with van der Waals surface area (Å²) in [4.78, 5) is 2.24. The van der Waals surface area contributed by atoms with E-state index in [1.807, 2.05) is 13.0 Å². The predicted molar refractivity (Wildman–Crippen MR) is 56.4 cm³/mol. The molecule has 0 saturated heterocycles. The van der Waals surface area contributed by atoms with Crippen molar-refractivity contribution in [3.63, 3.8) is 0 Å². The average Bonchev–Trinajstić information content (AvgIpc) is 2.04.